The van der Waals surface area contributed by atoms with E-state index >= 15 is 0 Å². The second-order valence-electron chi connectivity index (χ2n) is 7.96. The molecule has 0 aromatic rings. The highest BCUT2D eigenvalue weighted by atomic mass is 35.5. The van der Waals surface area contributed by atoms with E-state index in [0.29, 0.717) is 0 Å². The summed E-state index contributed by atoms with van der Waals surface area (Å²) in [4.78, 5) is 26.6. The molecule has 27 heavy (non-hydrogen) atoms. The molecule has 2 aliphatic rings. The number of hydrogen-bond donors (Lipinski definition) is 2. The highest BCUT2D eigenvalue weighted by Crippen LogP contribution is 2.20. The van der Waals surface area contributed by atoms with Gasteiger partial charge in [-0.3, -0.25) is 9.59 Å². The van der Waals surface area contributed by atoms with E-state index < -0.39 is 0 Å². The summed E-state index contributed by atoms with van der Waals surface area (Å²) in [6.07, 6.45) is 15.7. The summed E-state index contributed by atoms with van der Waals surface area (Å²) < 4.78 is 0. The fourth-order valence-corrected chi connectivity index (χ4v) is 3.94. The molecule has 2 amide bonds. The minimum atomic E-state index is -0.243. The molecule has 158 valence electrons. The van der Waals surface area contributed by atoms with Gasteiger partial charge in [-0.25, -0.2) is 0 Å². The van der Waals surface area contributed by atoms with Crippen LogP contribution in [0.1, 0.15) is 90.4 Å². The van der Waals surface area contributed by atoms with Crippen LogP contribution in [0, 0.1) is 0 Å². The third-order valence-corrected chi connectivity index (χ3v) is 5.79. The highest BCUT2D eigenvalue weighted by molar-refractivity contribution is 5.90. The monoisotopic (exact) mass is 401 g/mol. The van der Waals surface area contributed by atoms with Crippen molar-refractivity contribution in [2.24, 2.45) is 0 Å². The van der Waals surface area contributed by atoms with Crippen molar-refractivity contribution < 1.29 is 9.59 Å². The van der Waals surface area contributed by atoms with Crippen LogP contribution in [0.25, 0.3) is 0 Å². The molecule has 2 rings (SSSR count). The van der Waals surface area contributed by atoms with Gasteiger partial charge in [0.2, 0.25) is 11.8 Å². The first-order valence-corrected chi connectivity index (χ1v) is 11.1. The molecule has 0 aromatic carbocycles. The summed E-state index contributed by atoms with van der Waals surface area (Å²) in [6.45, 7) is 4.65. The molecule has 5 nitrogen and oxygen atoms in total. The lowest BCUT2D eigenvalue weighted by Gasteiger charge is -2.33. The van der Waals surface area contributed by atoms with E-state index in [2.05, 4.69) is 17.6 Å². The van der Waals surface area contributed by atoms with Gasteiger partial charge in [-0.05, 0) is 32.2 Å². The third kappa shape index (κ3) is 8.39. The fraction of sp³-hybridized carbons (Fsp3) is 0.905. The van der Waals surface area contributed by atoms with Crippen LogP contribution in [0.3, 0.4) is 0 Å². The molecule has 0 radical (unpaired) electrons. The van der Waals surface area contributed by atoms with Gasteiger partial charge in [-0.2, -0.15) is 0 Å². The second kappa shape index (κ2) is 14.2. The second-order valence-corrected chi connectivity index (χ2v) is 7.96. The Hall–Kier alpha value is -0.810. The first-order chi connectivity index (χ1) is 12.7. The zero-order chi connectivity index (χ0) is 18.6. The van der Waals surface area contributed by atoms with Crippen LogP contribution in [0.5, 0.6) is 0 Å². The van der Waals surface area contributed by atoms with Gasteiger partial charge < -0.3 is 15.5 Å². The molecular formula is C21H40ClN3O2. The summed E-state index contributed by atoms with van der Waals surface area (Å²) in [5, 5.41) is 6.21. The highest BCUT2D eigenvalue weighted by Gasteiger charge is 2.38. The molecule has 0 unspecified atom stereocenters. The minimum Gasteiger partial charge on any atom is -0.354 e. The van der Waals surface area contributed by atoms with Crippen molar-refractivity contribution in [3.63, 3.8) is 0 Å². The van der Waals surface area contributed by atoms with Crippen molar-refractivity contribution in [2.45, 2.75) is 102 Å². The van der Waals surface area contributed by atoms with Crippen LogP contribution >= 0.6 is 12.4 Å². The van der Waals surface area contributed by atoms with E-state index in [1.54, 1.807) is 4.90 Å². The number of rotatable bonds is 13. The number of carbonyl (C=O) groups is 2. The van der Waals surface area contributed by atoms with Gasteiger partial charge in [0.05, 0.1) is 6.04 Å². The summed E-state index contributed by atoms with van der Waals surface area (Å²) in [6, 6.07) is -0.293. The van der Waals surface area contributed by atoms with E-state index in [1.807, 2.05) is 0 Å². The van der Waals surface area contributed by atoms with Crippen molar-refractivity contribution in [1.82, 2.24) is 15.5 Å². The molecule has 0 bridgehead atoms. The van der Waals surface area contributed by atoms with Crippen LogP contribution < -0.4 is 10.6 Å². The van der Waals surface area contributed by atoms with E-state index in [0.717, 1.165) is 45.3 Å². The predicted octanol–water partition coefficient (Wildman–Crippen LogP) is 3.80. The van der Waals surface area contributed by atoms with E-state index in [9.17, 15) is 9.59 Å². The maximum atomic E-state index is 12.4. The predicted molar refractivity (Wildman–Crippen MR) is 113 cm³/mol. The summed E-state index contributed by atoms with van der Waals surface area (Å²) >= 11 is 0. The zero-order valence-corrected chi connectivity index (χ0v) is 18.0. The Morgan fingerprint density at radius 1 is 0.963 bits per heavy atom. The summed E-state index contributed by atoms with van der Waals surface area (Å²) in [5.41, 5.74) is 0. The van der Waals surface area contributed by atoms with Crippen LogP contribution in [-0.2, 0) is 9.59 Å². The maximum Gasteiger partial charge on any atom is 0.242 e. The normalized spacial score (nSPS) is 21.4. The number of nitrogens with one attached hydrogen (secondary N) is 2. The maximum absolute atomic E-state index is 12.4. The lowest BCUT2D eigenvalue weighted by Crippen LogP contribution is -2.57. The van der Waals surface area contributed by atoms with Gasteiger partial charge in [-0.1, -0.05) is 64.7 Å². The smallest absolute Gasteiger partial charge is 0.242 e. The first kappa shape index (κ1) is 24.2. The molecule has 6 heteroatoms. The first-order valence-electron chi connectivity index (χ1n) is 11.1. The Bertz CT molecular complexity index is 430. The minimum absolute atomic E-state index is 0. The Morgan fingerprint density at radius 2 is 1.56 bits per heavy atom. The number of likely N-dealkylation sites (tertiary alicyclic amines) is 1. The Labute approximate surface area is 171 Å². The average Bonchev–Trinajstić information content (AvgIpc) is 3.08. The SMILES string of the molecule is CCCCCCCCCCCCNC(=O)[C@@H]1CCCN1C(=O)[C@@H]1CCN1.Cl. The number of hydrogen-bond acceptors (Lipinski definition) is 3. The van der Waals surface area contributed by atoms with Crippen LogP contribution in [0.2, 0.25) is 0 Å². The standard InChI is InChI=1S/C21H39N3O2.ClH/c1-2-3-4-5-6-7-8-9-10-11-15-23-20(25)19-13-12-17-24(19)21(26)18-14-16-22-18;/h18-19,22H,2-17H2,1H3,(H,23,25);1H/t18-,19-;/m0./s1. The Balaban J connectivity index is 0.00000364. The van der Waals surface area contributed by atoms with Gasteiger partial charge in [-0.15, -0.1) is 12.4 Å². The van der Waals surface area contributed by atoms with Crippen LogP contribution in [0.15, 0.2) is 0 Å². The number of nitrogens with zero attached hydrogens (tertiary/aromatic N) is 1. The van der Waals surface area contributed by atoms with Crippen LogP contribution in [-0.4, -0.2) is 48.4 Å². The molecule has 2 fully saturated rings. The molecule has 0 aromatic heterocycles. The number of amides is 2. The lowest BCUT2D eigenvalue weighted by molar-refractivity contribution is -0.141. The molecule has 0 aliphatic carbocycles. The van der Waals surface area contributed by atoms with E-state index in [1.165, 1.54) is 57.8 Å². The van der Waals surface area contributed by atoms with Crippen molar-refractivity contribution in [1.29, 1.82) is 0 Å². The molecular weight excluding hydrogens is 362 g/mol. The number of halogens is 1. The van der Waals surface area contributed by atoms with Crippen molar-refractivity contribution in [2.75, 3.05) is 19.6 Å². The van der Waals surface area contributed by atoms with Gasteiger partial charge in [0.25, 0.3) is 0 Å². The van der Waals surface area contributed by atoms with Crippen molar-refractivity contribution in [3.8, 4) is 0 Å². The summed E-state index contributed by atoms with van der Waals surface area (Å²) in [7, 11) is 0. The lowest BCUT2D eigenvalue weighted by atomic mass is 10.1. The van der Waals surface area contributed by atoms with E-state index in [-0.39, 0.29) is 36.3 Å². The quantitative estimate of drug-likeness (QED) is 0.461. The molecule has 2 aliphatic heterocycles. The van der Waals surface area contributed by atoms with Gasteiger partial charge in [0.15, 0.2) is 0 Å². The topological polar surface area (TPSA) is 61.4 Å². The molecule has 2 N–H and O–H groups in total. The fourth-order valence-electron chi connectivity index (χ4n) is 3.94. The van der Waals surface area contributed by atoms with Crippen LogP contribution in [0.4, 0.5) is 0 Å². The molecule has 2 atom stereocenters. The largest absolute Gasteiger partial charge is 0.354 e. The van der Waals surface area contributed by atoms with Gasteiger partial charge >= 0.3 is 0 Å². The third-order valence-electron chi connectivity index (χ3n) is 5.79. The molecule has 2 saturated heterocycles. The summed E-state index contributed by atoms with van der Waals surface area (Å²) in [5.74, 6) is 0.166. The number of carbonyl (C=O) groups excluding carboxylic acids is 2. The molecule has 0 spiro atoms. The molecule has 0 saturated carbocycles. The van der Waals surface area contributed by atoms with Gasteiger partial charge in [0, 0.05) is 13.1 Å². The number of unbranched alkanes of at least 4 members (excludes halogenated alkanes) is 9. The van der Waals surface area contributed by atoms with Crippen molar-refractivity contribution in [3.05, 3.63) is 0 Å². The van der Waals surface area contributed by atoms with E-state index in [4.69, 9.17) is 0 Å². The van der Waals surface area contributed by atoms with Crippen molar-refractivity contribution >= 4 is 24.2 Å². The average molecular weight is 402 g/mol. The Morgan fingerprint density at radius 3 is 2.11 bits per heavy atom. The Kier molecular flexibility index (Phi) is 12.8. The van der Waals surface area contributed by atoms with Gasteiger partial charge in [0.1, 0.15) is 6.04 Å². The molecule has 2 heterocycles. The zero-order valence-electron chi connectivity index (χ0n) is 17.1.